The van der Waals surface area contributed by atoms with Crippen molar-refractivity contribution in [3.05, 3.63) is 0 Å². The lowest BCUT2D eigenvalue weighted by atomic mass is 9.82. The minimum Gasteiger partial charge on any atom is -0.469 e. The predicted molar refractivity (Wildman–Crippen MR) is 93.4 cm³/mol. The molecule has 1 fully saturated rings. The van der Waals surface area contributed by atoms with Crippen LogP contribution in [0.25, 0.3) is 0 Å². The summed E-state index contributed by atoms with van der Waals surface area (Å²) in [5.41, 5.74) is 5.94. The molecule has 0 radical (unpaired) electrons. The third-order valence-electron chi connectivity index (χ3n) is 4.94. The predicted octanol–water partition coefficient (Wildman–Crippen LogP) is 2.84. The summed E-state index contributed by atoms with van der Waals surface area (Å²) >= 11 is 0. The number of hydrogen-bond acceptors (Lipinski definition) is 5. The molecule has 1 saturated carbocycles. The van der Waals surface area contributed by atoms with Gasteiger partial charge >= 0.3 is 12.1 Å². The van der Waals surface area contributed by atoms with E-state index in [0.717, 1.165) is 12.8 Å². The molecule has 6 heteroatoms. The normalized spacial score (nSPS) is 25.4. The molecular formula is C18H34N2O4. The largest absolute Gasteiger partial charge is 0.469 e. The first-order valence-corrected chi connectivity index (χ1v) is 8.95. The molecule has 1 rings (SSSR count). The van der Waals surface area contributed by atoms with Gasteiger partial charge in [-0.15, -0.1) is 0 Å². The van der Waals surface area contributed by atoms with Gasteiger partial charge in [-0.25, -0.2) is 4.79 Å². The van der Waals surface area contributed by atoms with Gasteiger partial charge in [0.25, 0.3) is 0 Å². The fraction of sp³-hybridized carbons (Fsp3) is 0.889. The first-order valence-electron chi connectivity index (χ1n) is 8.95. The number of hydrogen-bond donors (Lipinski definition) is 2. The summed E-state index contributed by atoms with van der Waals surface area (Å²) in [6.45, 7) is 9.72. The van der Waals surface area contributed by atoms with Crippen molar-refractivity contribution in [2.75, 3.05) is 7.11 Å². The van der Waals surface area contributed by atoms with Crippen LogP contribution >= 0.6 is 0 Å². The standard InChI is InChI=1S/C18H34N2O4/c1-7-11(8-2)15(19)13-9-12(16(21)23-6)10-14(13)20-17(22)24-18(3,4)5/h11-15H,7-10,19H2,1-6H3,(H,20,22)/t12-,13-,14-,15?/m1/s1. The molecule has 0 heterocycles. The zero-order valence-corrected chi connectivity index (χ0v) is 15.9. The van der Waals surface area contributed by atoms with Gasteiger partial charge in [-0.1, -0.05) is 26.7 Å². The molecule has 1 aliphatic carbocycles. The van der Waals surface area contributed by atoms with Crippen molar-refractivity contribution in [2.45, 2.75) is 78.0 Å². The van der Waals surface area contributed by atoms with Crippen LogP contribution in [0.5, 0.6) is 0 Å². The molecule has 0 spiro atoms. The van der Waals surface area contributed by atoms with E-state index in [9.17, 15) is 9.59 Å². The first-order chi connectivity index (χ1) is 11.1. The maximum atomic E-state index is 12.1. The summed E-state index contributed by atoms with van der Waals surface area (Å²) in [4.78, 5) is 24.1. The Morgan fingerprint density at radius 1 is 1.21 bits per heavy atom. The van der Waals surface area contributed by atoms with E-state index in [1.54, 1.807) is 0 Å². The molecule has 1 aliphatic rings. The molecule has 0 aromatic carbocycles. The molecule has 1 amide bonds. The quantitative estimate of drug-likeness (QED) is 0.724. The van der Waals surface area contributed by atoms with Crippen LogP contribution in [0.1, 0.15) is 60.3 Å². The highest BCUT2D eigenvalue weighted by molar-refractivity contribution is 5.73. The van der Waals surface area contributed by atoms with E-state index in [-0.39, 0.29) is 29.9 Å². The minimum absolute atomic E-state index is 0.0477. The van der Waals surface area contributed by atoms with Crippen LogP contribution in [0.2, 0.25) is 0 Å². The molecule has 0 saturated heterocycles. The van der Waals surface area contributed by atoms with Gasteiger partial charge in [0, 0.05) is 12.1 Å². The monoisotopic (exact) mass is 342 g/mol. The number of nitrogens with two attached hydrogens (primary N) is 1. The Morgan fingerprint density at radius 2 is 1.79 bits per heavy atom. The fourth-order valence-corrected chi connectivity index (χ4v) is 3.66. The summed E-state index contributed by atoms with van der Waals surface area (Å²) in [6, 6.07) is -0.228. The van der Waals surface area contributed by atoms with Crippen LogP contribution in [0, 0.1) is 17.8 Å². The SMILES string of the molecule is CCC(CC)C(N)[C@@H]1C[C@@H](C(=O)OC)C[C@H]1NC(=O)OC(C)(C)C. The second-order valence-electron chi connectivity index (χ2n) is 7.76. The third-order valence-corrected chi connectivity index (χ3v) is 4.94. The zero-order valence-electron chi connectivity index (χ0n) is 15.9. The van der Waals surface area contributed by atoms with Crippen molar-refractivity contribution in [1.29, 1.82) is 0 Å². The number of esters is 1. The van der Waals surface area contributed by atoms with Crippen LogP contribution in [0.15, 0.2) is 0 Å². The van der Waals surface area contributed by atoms with E-state index in [1.165, 1.54) is 7.11 Å². The summed E-state index contributed by atoms with van der Waals surface area (Å²) in [5.74, 6) is -0.0357. The maximum Gasteiger partial charge on any atom is 0.407 e. The Kier molecular flexibility index (Phi) is 7.52. The van der Waals surface area contributed by atoms with Gasteiger partial charge in [-0.3, -0.25) is 4.79 Å². The van der Waals surface area contributed by atoms with E-state index < -0.39 is 11.7 Å². The number of nitrogens with one attached hydrogen (secondary N) is 1. The topological polar surface area (TPSA) is 90.7 Å². The van der Waals surface area contributed by atoms with E-state index in [2.05, 4.69) is 19.2 Å². The van der Waals surface area contributed by atoms with Gasteiger partial charge in [0.1, 0.15) is 5.60 Å². The summed E-state index contributed by atoms with van der Waals surface area (Å²) in [7, 11) is 1.40. The highest BCUT2D eigenvalue weighted by Crippen LogP contribution is 2.37. The van der Waals surface area contributed by atoms with Gasteiger partial charge in [0.05, 0.1) is 13.0 Å². The molecular weight excluding hydrogens is 308 g/mol. The molecule has 3 N–H and O–H groups in total. The average molecular weight is 342 g/mol. The lowest BCUT2D eigenvalue weighted by molar-refractivity contribution is -0.145. The number of amides is 1. The molecule has 24 heavy (non-hydrogen) atoms. The van der Waals surface area contributed by atoms with Crippen molar-refractivity contribution in [1.82, 2.24) is 5.32 Å². The maximum absolute atomic E-state index is 12.1. The fourth-order valence-electron chi connectivity index (χ4n) is 3.66. The van der Waals surface area contributed by atoms with Crippen LogP contribution < -0.4 is 11.1 Å². The molecule has 140 valence electrons. The van der Waals surface area contributed by atoms with Gasteiger partial charge in [0.2, 0.25) is 0 Å². The molecule has 6 nitrogen and oxygen atoms in total. The lowest BCUT2D eigenvalue weighted by Crippen LogP contribution is -2.48. The van der Waals surface area contributed by atoms with Gasteiger partial charge in [-0.2, -0.15) is 0 Å². The Labute approximate surface area is 145 Å². The van der Waals surface area contributed by atoms with Crippen molar-refractivity contribution >= 4 is 12.1 Å². The number of carbonyl (C=O) groups is 2. The number of rotatable bonds is 6. The average Bonchev–Trinajstić information content (AvgIpc) is 2.89. The summed E-state index contributed by atoms with van der Waals surface area (Å²) in [5, 5.41) is 2.93. The van der Waals surface area contributed by atoms with Crippen LogP contribution in [-0.4, -0.2) is 36.9 Å². The van der Waals surface area contributed by atoms with Gasteiger partial charge < -0.3 is 20.5 Å². The number of alkyl carbamates (subject to hydrolysis) is 1. The minimum atomic E-state index is -0.558. The molecule has 4 atom stereocenters. The van der Waals surface area contributed by atoms with Crippen molar-refractivity contribution in [3.63, 3.8) is 0 Å². The van der Waals surface area contributed by atoms with Gasteiger partial charge in [0.15, 0.2) is 0 Å². The van der Waals surface area contributed by atoms with Crippen LogP contribution in [0.4, 0.5) is 4.79 Å². The number of ether oxygens (including phenoxy) is 2. The summed E-state index contributed by atoms with van der Waals surface area (Å²) in [6.07, 6.45) is 2.70. The second kappa shape index (κ2) is 8.70. The molecule has 1 unspecified atom stereocenters. The second-order valence-corrected chi connectivity index (χ2v) is 7.76. The highest BCUT2D eigenvalue weighted by Gasteiger charge is 2.43. The van der Waals surface area contributed by atoms with E-state index >= 15 is 0 Å². The number of methoxy groups -OCH3 is 1. The Balaban J connectivity index is 2.86. The zero-order chi connectivity index (χ0) is 18.5. The van der Waals surface area contributed by atoms with Crippen molar-refractivity contribution < 1.29 is 19.1 Å². The van der Waals surface area contributed by atoms with E-state index in [0.29, 0.717) is 18.8 Å². The van der Waals surface area contributed by atoms with Crippen molar-refractivity contribution in [3.8, 4) is 0 Å². The highest BCUT2D eigenvalue weighted by atomic mass is 16.6. The first kappa shape index (κ1) is 20.7. The molecule has 0 bridgehead atoms. The Morgan fingerprint density at radius 3 is 2.25 bits per heavy atom. The Hall–Kier alpha value is -1.30. The van der Waals surface area contributed by atoms with Crippen LogP contribution in [-0.2, 0) is 14.3 Å². The smallest absolute Gasteiger partial charge is 0.407 e. The van der Waals surface area contributed by atoms with Crippen molar-refractivity contribution in [2.24, 2.45) is 23.5 Å². The molecule has 0 aliphatic heterocycles. The van der Waals surface area contributed by atoms with E-state index in [1.807, 2.05) is 20.8 Å². The lowest BCUT2D eigenvalue weighted by Gasteiger charge is -2.32. The summed E-state index contributed by atoms with van der Waals surface area (Å²) < 4.78 is 10.2. The Bertz CT molecular complexity index is 429. The number of carbonyl (C=O) groups excluding carboxylic acids is 2. The molecule has 0 aromatic rings. The van der Waals surface area contributed by atoms with Gasteiger partial charge in [-0.05, 0) is 45.4 Å². The van der Waals surface area contributed by atoms with E-state index in [4.69, 9.17) is 15.2 Å². The molecule has 0 aromatic heterocycles. The third kappa shape index (κ3) is 5.65. The van der Waals surface area contributed by atoms with Crippen LogP contribution in [0.3, 0.4) is 0 Å².